The van der Waals surface area contributed by atoms with E-state index < -0.39 is 16.3 Å². The molecule has 0 aromatic heterocycles. The first-order valence-corrected chi connectivity index (χ1v) is 8.74. The van der Waals surface area contributed by atoms with E-state index in [9.17, 15) is 13.5 Å². The van der Waals surface area contributed by atoms with E-state index in [1.165, 1.54) is 15.0 Å². The second-order valence-electron chi connectivity index (χ2n) is 6.01. The average Bonchev–Trinajstić information content (AvgIpc) is 2.41. The zero-order valence-electron chi connectivity index (χ0n) is 12.0. The van der Waals surface area contributed by atoms with Crippen molar-refractivity contribution in [1.82, 2.24) is 8.61 Å². The SMILES string of the molecule is CC1CCN(S(=O)(=O)N(C)C2CCCCC2)CC1O. The molecule has 0 amide bonds. The lowest BCUT2D eigenvalue weighted by Gasteiger charge is -2.38. The van der Waals surface area contributed by atoms with Crippen LogP contribution in [0.1, 0.15) is 45.4 Å². The van der Waals surface area contributed by atoms with E-state index in [0.717, 1.165) is 32.1 Å². The molecule has 1 heterocycles. The van der Waals surface area contributed by atoms with E-state index in [1.54, 1.807) is 7.05 Å². The molecule has 0 aromatic carbocycles. The van der Waals surface area contributed by atoms with E-state index in [4.69, 9.17) is 0 Å². The van der Waals surface area contributed by atoms with Crippen molar-refractivity contribution in [2.45, 2.75) is 57.6 Å². The average molecular weight is 290 g/mol. The Hall–Kier alpha value is -0.170. The van der Waals surface area contributed by atoms with Gasteiger partial charge in [0.05, 0.1) is 6.10 Å². The molecule has 1 saturated carbocycles. The smallest absolute Gasteiger partial charge is 0.282 e. The number of nitrogens with zero attached hydrogens (tertiary/aromatic N) is 2. The Labute approximate surface area is 116 Å². The summed E-state index contributed by atoms with van der Waals surface area (Å²) in [6.07, 6.45) is 5.56. The summed E-state index contributed by atoms with van der Waals surface area (Å²) < 4.78 is 28.1. The van der Waals surface area contributed by atoms with Gasteiger partial charge in [0.1, 0.15) is 0 Å². The summed E-state index contributed by atoms with van der Waals surface area (Å²) in [6.45, 7) is 2.73. The van der Waals surface area contributed by atoms with Crippen LogP contribution in [0.4, 0.5) is 0 Å². The zero-order valence-corrected chi connectivity index (χ0v) is 12.8. The first-order chi connectivity index (χ1) is 8.93. The fraction of sp³-hybridized carbons (Fsp3) is 1.00. The Morgan fingerprint density at radius 2 is 1.79 bits per heavy atom. The fourth-order valence-corrected chi connectivity index (χ4v) is 4.67. The van der Waals surface area contributed by atoms with Crippen molar-refractivity contribution >= 4 is 10.2 Å². The quantitative estimate of drug-likeness (QED) is 0.849. The topological polar surface area (TPSA) is 60.9 Å². The molecule has 1 aliphatic heterocycles. The predicted molar refractivity (Wildman–Crippen MR) is 74.9 cm³/mol. The van der Waals surface area contributed by atoms with Crippen molar-refractivity contribution in [2.24, 2.45) is 5.92 Å². The Balaban J connectivity index is 2.04. The van der Waals surface area contributed by atoms with Crippen LogP contribution in [-0.2, 0) is 10.2 Å². The Bertz CT molecular complexity index is 385. The molecule has 2 atom stereocenters. The summed E-state index contributed by atoms with van der Waals surface area (Å²) in [5, 5.41) is 9.88. The van der Waals surface area contributed by atoms with Crippen molar-refractivity contribution < 1.29 is 13.5 Å². The number of rotatable bonds is 3. The summed E-state index contributed by atoms with van der Waals surface area (Å²) in [5.41, 5.74) is 0. The van der Waals surface area contributed by atoms with Crippen LogP contribution in [-0.4, -0.2) is 54.4 Å². The van der Waals surface area contributed by atoms with E-state index in [1.807, 2.05) is 6.92 Å². The molecule has 2 unspecified atom stereocenters. The molecular formula is C13H26N2O3S. The Morgan fingerprint density at radius 1 is 1.16 bits per heavy atom. The number of hydrogen-bond acceptors (Lipinski definition) is 3. The molecule has 1 saturated heterocycles. The molecule has 0 aromatic rings. The van der Waals surface area contributed by atoms with Gasteiger partial charge >= 0.3 is 0 Å². The van der Waals surface area contributed by atoms with Gasteiger partial charge in [0.25, 0.3) is 10.2 Å². The van der Waals surface area contributed by atoms with Crippen LogP contribution in [0.15, 0.2) is 0 Å². The number of piperidine rings is 1. The van der Waals surface area contributed by atoms with Crippen molar-refractivity contribution in [3.8, 4) is 0 Å². The summed E-state index contributed by atoms with van der Waals surface area (Å²) in [7, 11) is -1.72. The second-order valence-corrected chi connectivity index (χ2v) is 8.00. The van der Waals surface area contributed by atoms with Crippen molar-refractivity contribution in [3.05, 3.63) is 0 Å². The number of hydrogen-bond donors (Lipinski definition) is 1. The van der Waals surface area contributed by atoms with Gasteiger partial charge in [-0.25, -0.2) is 0 Å². The van der Waals surface area contributed by atoms with Gasteiger partial charge in [-0.1, -0.05) is 26.2 Å². The molecule has 2 aliphatic rings. The summed E-state index contributed by atoms with van der Waals surface area (Å²) in [5.74, 6) is 0.187. The normalized spacial score (nSPS) is 31.8. The standard InChI is InChI=1S/C13H26N2O3S/c1-11-8-9-15(10-13(11)16)19(17,18)14(2)12-6-4-3-5-7-12/h11-13,16H,3-10H2,1-2H3. The van der Waals surface area contributed by atoms with Crippen molar-refractivity contribution in [2.75, 3.05) is 20.1 Å². The lowest BCUT2D eigenvalue weighted by Crippen LogP contribution is -2.52. The number of β-amino-alcohol motifs (C(OH)–C–C–N with tert-alkyl or cyclic N) is 1. The summed E-state index contributed by atoms with van der Waals surface area (Å²) >= 11 is 0. The third kappa shape index (κ3) is 3.29. The highest BCUT2D eigenvalue weighted by atomic mass is 32.2. The number of aliphatic hydroxyl groups is 1. The highest BCUT2D eigenvalue weighted by molar-refractivity contribution is 7.86. The molecule has 2 rings (SSSR count). The van der Waals surface area contributed by atoms with Crippen molar-refractivity contribution in [3.63, 3.8) is 0 Å². The monoisotopic (exact) mass is 290 g/mol. The van der Waals surface area contributed by atoms with Gasteiger partial charge in [0.2, 0.25) is 0 Å². The zero-order chi connectivity index (χ0) is 14.0. The Kier molecular flexibility index (Phi) is 4.87. The van der Waals surface area contributed by atoms with Gasteiger partial charge in [-0.2, -0.15) is 17.0 Å². The highest BCUT2D eigenvalue weighted by Gasteiger charge is 2.36. The van der Waals surface area contributed by atoms with Crippen LogP contribution in [0.5, 0.6) is 0 Å². The van der Waals surface area contributed by atoms with Crippen LogP contribution in [0, 0.1) is 5.92 Å². The van der Waals surface area contributed by atoms with Crippen molar-refractivity contribution in [1.29, 1.82) is 0 Å². The maximum Gasteiger partial charge on any atom is 0.282 e. The molecule has 1 aliphatic carbocycles. The lowest BCUT2D eigenvalue weighted by molar-refractivity contribution is 0.0575. The Morgan fingerprint density at radius 3 is 2.37 bits per heavy atom. The minimum absolute atomic E-state index is 0.134. The molecule has 2 fully saturated rings. The minimum atomic E-state index is -3.41. The largest absolute Gasteiger partial charge is 0.391 e. The van der Waals surface area contributed by atoms with Crippen LogP contribution in [0.2, 0.25) is 0 Å². The number of aliphatic hydroxyl groups excluding tert-OH is 1. The predicted octanol–water partition coefficient (Wildman–Crippen LogP) is 1.20. The van der Waals surface area contributed by atoms with Crippen LogP contribution >= 0.6 is 0 Å². The van der Waals surface area contributed by atoms with Gasteiger partial charge in [-0.05, 0) is 25.2 Å². The van der Waals surface area contributed by atoms with Gasteiger partial charge in [0, 0.05) is 26.2 Å². The molecule has 5 nitrogen and oxygen atoms in total. The van der Waals surface area contributed by atoms with Crippen LogP contribution in [0.3, 0.4) is 0 Å². The maximum absolute atomic E-state index is 12.6. The van der Waals surface area contributed by atoms with Crippen LogP contribution in [0.25, 0.3) is 0 Å². The van der Waals surface area contributed by atoms with E-state index in [0.29, 0.717) is 6.54 Å². The summed E-state index contributed by atoms with van der Waals surface area (Å²) in [6, 6.07) is 0.134. The molecular weight excluding hydrogens is 264 g/mol. The van der Waals surface area contributed by atoms with Gasteiger partial charge in [-0.15, -0.1) is 0 Å². The third-order valence-electron chi connectivity index (χ3n) is 4.66. The molecule has 1 N–H and O–H groups in total. The molecule has 0 spiro atoms. The highest BCUT2D eigenvalue weighted by Crippen LogP contribution is 2.27. The van der Waals surface area contributed by atoms with E-state index in [-0.39, 0.29) is 18.5 Å². The summed E-state index contributed by atoms with van der Waals surface area (Å²) in [4.78, 5) is 0. The first-order valence-electron chi connectivity index (χ1n) is 7.34. The fourth-order valence-electron chi connectivity index (χ4n) is 3.04. The first kappa shape index (κ1) is 15.2. The molecule has 19 heavy (non-hydrogen) atoms. The van der Waals surface area contributed by atoms with E-state index in [2.05, 4.69) is 0 Å². The van der Waals surface area contributed by atoms with Gasteiger partial charge in [0.15, 0.2) is 0 Å². The molecule has 0 bridgehead atoms. The maximum atomic E-state index is 12.6. The lowest BCUT2D eigenvalue weighted by atomic mass is 9.96. The molecule has 0 radical (unpaired) electrons. The molecule has 112 valence electrons. The van der Waals surface area contributed by atoms with Gasteiger partial charge in [-0.3, -0.25) is 0 Å². The molecule has 6 heteroatoms. The third-order valence-corrected chi connectivity index (χ3v) is 6.67. The van der Waals surface area contributed by atoms with Crippen LogP contribution < -0.4 is 0 Å². The van der Waals surface area contributed by atoms with E-state index >= 15 is 0 Å². The second kappa shape index (κ2) is 6.08. The van der Waals surface area contributed by atoms with Gasteiger partial charge < -0.3 is 5.11 Å². The minimum Gasteiger partial charge on any atom is -0.391 e.